The minimum absolute atomic E-state index is 0.0252. The molecule has 1 aliphatic heterocycles. The van der Waals surface area contributed by atoms with Crippen LogP contribution in [-0.4, -0.2) is 27.2 Å². The molecule has 1 heterocycles. The normalized spacial score (nSPS) is 16.3. The largest absolute Gasteiger partial charge is 0.418 e. The van der Waals surface area contributed by atoms with Crippen LogP contribution in [0.15, 0.2) is 12.1 Å². The molecule has 1 aromatic rings. The van der Waals surface area contributed by atoms with E-state index in [1.165, 1.54) is 14.1 Å². The summed E-state index contributed by atoms with van der Waals surface area (Å²) in [5.74, 6) is 0. The summed E-state index contributed by atoms with van der Waals surface area (Å²) in [6.45, 7) is 0.936. The molecule has 1 aromatic carbocycles. The van der Waals surface area contributed by atoms with E-state index >= 15 is 0 Å². The van der Waals surface area contributed by atoms with Crippen LogP contribution in [0.25, 0.3) is 0 Å². The molecule has 0 N–H and O–H groups in total. The van der Waals surface area contributed by atoms with Gasteiger partial charge in [0.15, 0.2) is 0 Å². The lowest BCUT2D eigenvalue weighted by atomic mass is 10.0. The first kappa shape index (κ1) is 16.8. The molecule has 8 heteroatoms. The third kappa shape index (κ3) is 3.25. The van der Waals surface area contributed by atoms with Crippen molar-refractivity contribution in [1.29, 1.82) is 0 Å². The summed E-state index contributed by atoms with van der Waals surface area (Å²) in [6, 6.07) is 1.63. The Morgan fingerprint density at radius 1 is 0.864 bits per heavy atom. The number of anilines is 2. The van der Waals surface area contributed by atoms with Crippen LogP contribution in [0, 0.1) is 0 Å². The zero-order chi connectivity index (χ0) is 16.7. The second-order valence-corrected chi connectivity index (χ2v) is 5.47. The molecular formula is C14H16F6N2. The van der Waals surface area contributed by atoms with Gasteiger partial charge in [0.2, 0.25) is 0 Å². The Morgan fingerprint density at radius 3 is 1.59 bits per heavy atom. The van der Waals surface area contributed by atoms with Gasteiger partial charge >= 0.3 is 12.4 Å². The summed E-state index contributed by atoms with van der Waals surface area (Å²) in [4.78, 5) is 2.42. The van der Waals surface area contributed by atoms with Crippen molar-refractivity contribution in [3.8, 4) is 0 Å². The van der Waals surface area contributed by atoms with Crippen LogP contribution < -0.4 is 9.80 Å². The smallest absolute Gasteiger partial charge is 0.377 e. The summed E-state index contributed by atoms with van der Waals surface area (Å²) in [5.41, 5.74) is -3.38. The minimum Gasteiger partial charge on any atom is -0.377 e. The van der Waals surface area contributed by atoms with Crippen molar-refractivity contribution >= 4 is 11.4 Å². The highest BCUT2D eigenvalue weighted by atomic mass is 19.4. The fourth-order valence-electron chi connectivity index (χ4n) is 2.69. The Morgan fingerprint density at radius 2 is 1.27 bits per heavy atom. The van der Waals surface area contributed by atoms with Gasteiger partial charge in [-0.1, -0.05) is 0 Å². The summed E-state index contributed by atoms with van der Waals surface area (Å²) < 4.78 is 79.4. The highest BCUT2D eigenvalue weighted by Crippen LogP contribution is 2.46. The van der Waals surface area contributed by atoms with Gasteiger partial charge in [-0.2, -0.15) is 26.3 Å². The minimum atomic E-state index is -4.85. The summed E-state index contributed by atoms with van der Waals surface area (Å²) in [7, 11) is 2.35. The molecule has 124 valence electrons. The lowest BCUT2D eigenvalue weighted by Gasteiger charge is -2.27. The van der Waals surface area contributed by atoms with Gasteiger partial charge in [0.05, 0.1) is 16.8 Å². The SMILES string of the molecule is CN(C)c1c(C(F)(F)F)cc(N2CCCC2)cc1C(F)(F)F. The van der Waals surface area contributed by atoms with Crippen LogP contribution in [0.5, 0.6) is 0 Å². The maximum atomic E-state index is 13.2. The summed E-state index contributed by atoms with van der Waals surface area (Å²) >= 11 is 0. The van der Waals surface area contributed by atoms with Gasteiger partial charge in [-0.15, -0.1) is 0 Å². The van der Waals surface area contributed by atoms with E-state index in [1.54, 1.807) is 4.90 Å². The number of halogens is 6. The van der Waals surface area contributed by atoms with Gasteiger partial charge in [-0.25, -0.2) is 0 Å². The molecule has 0 amide bonds. The summed E-state index contributed by atoms with van der Waals surface area (Å²) in [6.07, 6.45) is -8.18. The van der Waals surface area contributed by atoms with Crippen molar-refractivity contribution in [3.05, 3.63) is 23.3 Å². The first-order valence-electron chi connectivity index (χ1n) is 6.76. The predicted molar refractivity (Wildman–Crippen MR) is 72.2 cm³/mol. The Hall–Kier alpha value is -1.60. The molecule has 0 aliphatic carbocycles. The van der Waals surface area contributed by atoms with E-state index in [9.17, 15) is 26.3 Å². The van der Waals surface area contributed by atoms with Gasteiger partial charge in [0.25, 0.3) is 0 Å². The van der Waals surface area contributed by atoms with Crippen LogP contribution in [0.3, 0.4) is 0 Å². The van der Waals surface area contributed by atoms with Crippen LogP contribution in [0.2, 0.25) is 0 Å². The molecule has 0 atom stereocenters. The zero-order valence-electron chi connectivity index (χ0n) is 12.1. The van der Waals surface area contributed by atoms with Crippen molar-refractivity contribution in [2.75, 3.05) is 37.0 Å². The molecule has 1 saturated heterocycles. The first-order chi connectivity index (χ1) is 10.0. The third-order valence-corrected chi connectivity index (χ3v) is 3.62. The average Bonchev–Trinajstić information content (AvgIpc) is 2.88. The van der Waals surface area contributed by atoms with Crippen LogP contribution in [0.1, 0.15) is 24.0 Å². The quantitative estimate of drug-likeness (QED) is 0.744. The van der Waals surface area contributed by atoms with E-state index in [-0.39, 0.29) is 5.69 Å². The number of alkyl halides is 6. The Bertz CT molecular complexity index is 506. The Labute approximate surface area is 124 Å². The van der Waals surface area contributed by atoms with Crippen LogP contribution >= 0.6 is 0 Å². The van der Waals surface area contributed by atoms with E-state index in [2.05, 4.69) is 0 Å². The van der Waals surface area contributed by atoms with Gasteiger partial charge in [-0.05, 0) is 25.0 Å². The maximum absolute atomic E-state index is 13.2. The molecule has 1 fully saturated rings. The predicted octanol–water partition coefficient (Wildman–Crippen LogP) is 4.39. The molecule has 2 nitrogen and oxygen atoms in total. The topological polar surface area (TPSA) is 6.48 Å². The van der Waals surface area contributed by atoms with Crippen molar-refractivity contribution < 1.29 is 26.3 Å². The molecule has 0 saturated carbocycles. The van der Waals surface area contributed by atoms with Crippen molar-refractivity contribution in [1.82, 2.24) is 0 Å². The second kappa shape index (κ2) is 5.55. The van der Waals surface area contributed by atoms with Crippen molar-refractivity contribution in [3.63, 3.8) is 0 Å². The van der Waals surface area contributed by atoms with Gasteiger partial charge in [0.1, 0.15) is 0 Å². The molecule has 2 rings (SSSR count). The number of hydrogen-bond acceptors (Lipinski definition) is 2. The average molecular weight is 326 g/mol. The van der Waals surface area contributed by atoms with Gasteiger partial charge in [-0.3, -0.25) is 0 Å². The number of rotatable bonds is 2. The zero-order valence-corrected chi connectivity index (χ0v) is 12.1. The monoisotopic (exact) mass is 326 g/mol. The Balaban J connectivity index is 2.70. The van der Waals surface area contributed by atoms with Crippen LogP contribution in [0.4, 0.5) is 37.7 Å². The maximum Gasteiger partial charge on any atom is 0.418 e. The fraction of sp³-hybridized carbons (Fsp3) is 0.571. The second-order valence-electron chi connectivity index (χ2n) is 5.47. The van der Waals surface area contributed by atoms with Gasteiger partial charge in [0, 0.05) is 32.9 Å². The first-order valence-corrected chi connectivity index (χ1v) is 6.76. The molecule has 22 heavy (non-hydrogen) atoms. The van der Waals surface area contributed by atoms with E-state index in [4.69, 9.17) is 0 Å². The lowest BCUT2D eigenvalue weighted by molar-refractivity contribution is -0.142. The highest BCUT2D eigenvalue weighted by Gasteiger charge is 2.42. The number of benzene rings is 1. The molecule has 1 aliphatic rings. The van der Waals surface area contributed by atoms with Gasteiger partial charge < -0.3 is 9.80 Å². The molecule has 0 aromatic heterocycles. The van der Waals surface area contributed by atoms with E-state index in [1.807, 2.05) is 0 Å². The van der Waals surface area contributed by atoms with Crippen molar-refractivity contribution in [2.24, 2.45) is 0 Å². The molecule has 0 radical (unpaired) electrons. The standard InChI is InChI=1S/C14H16F6N2/c1-21(2)12-10(13(15,16)17)7-9(22-5-3-4-6-22)8-11(12)14(18,19)20/h7-8H,3-6H2,1-2H3. The molecule has 0 spiro atoms. The Kier molecular flexibility index (Phi) is 4.23. The number of hydrogen-bond donors (Lipinski definition) is 0. The van der Waals surface area contributed by atoms with E-state index in [0.29, 0.717) is 13.1 Å². The highest BCUT2D eigenvalue weighted by molar-refractivity contribution is 5.68. The van der Waals surface area contributed by atoms with E-state index in [0.717, 1.165) is 29.9 Å². The third-order valence-electron chi connectivity index (χ3n) is 3.62. The lowest BCUT2D eigenvalue weighted by Crippen LogP contribution is -2.25. The van der Waals surface area contributed by atoms with Crippen LogP contribution in [-0.2, 0) is 12.4 Å². The molecule has 0 bridgehead atoms. The summed E-state index contributed by atoms with van der Waals surface area (Å²) in [5, 5.41) is 0. The van der Waals surface area contributed by atoms with Crippen molar-refractivity contribution in [2.45, 2.75) is 25.2 Å². The number of nitrogens with zero attached hydrogens (tertiary/aromatic N) is 2. The molecule has 0 unspecified atom stereocenters. The fourth-order valence-corrected chi connectivity index (χ4v) is 2.69. The van der Waals surface area contributed by atoms with E-state index < -0.39 is 29.2 Å². The molecular weight excluding hydrogens is 310 g/mol.